The van der Waals surface area contributed by atoms with Crippen molar-refractivity contribution in [2.45, 2.75) is 56.2 Å². The number of nitrogens with one attached hydrogen (secondary N) is 1. The normalized spacial score (nSPS) is 19.0. The van der Waals surface area contributed by atoms with Gasteiger partial charge >= 0.3 is 0 Å². The van der Waals surface area contributed by atoms with Gasteiger partial charge in [0.25, 0.3) is 5.92 Å². The van der Waals surface area contributed by atoms with Gasteiger partial charge in [-0.1, -0.05) is 29.8 Å². The van der Waals surface area contributed by atoms with E-state index in [2.05, 4.69) is 15.3 Å². The van der Waals surface area contributed by atoms with E-state index in [0.29, 0.717) is 6.07 Å². The first kappa shape index (κ1) is 28.5. The topological polar surface area (TPSA) is 95.5 Å². The van der Waals surface area contributed by atoms with Crippen LogP contribution in [0.25, 0.3) is 0 Å². The Labute approximate surface area is 237 Å². The van der Waals surface area contributed by atoms with Gasteiger partial charge in [0.15, 0.2) is 0 Å². The van der Waals surface area contributed by atoms with E-state index in [4.69, 9.17) is 11.6 Å². The van der Waals surface area contributed by atoms with E-state index in [0.717, 1.165) is 17.0 Å². The molecule has 1 saturated heterocycles. The highest BCUT2D eigenvalue weighted by Gasteiger charge is 2.47. The maximum absolute atomic E-state index is 14.4. The Bertz CT molecular complexity index is 1450. The summed E-state index contributed by atoms with van der Waals surface area (Å²) in [7, 11) is 0. The summed E-state index contributed by atoms with van der Waals surface area (Å²) in [5.41, 5.74) is -0.181. The second-order valence-electron chi connectivity index (χ2n) is 9.99. The summed E-state index contributed by atoms with van der Waals surface area (Å²) >= 11 is 6.43. The van der Waals surface area contributed by atoms with Crippen LogP contribution in [0.1, 0.15) is 43.7 Å². The first-order valence-corrected chi connectivity index (χ1v) is 13.2. The van der Waals surface area contributed by atoms with Crippen LogP contribution >= 0.6 is 11.6 Å². The van der Waals surface area contributed by atoms with Gasteiger partial charge in [0, 0.05) is 66.8 Å². The van der Waals surface area contributed by atoms with Gasteiger partial charge in [-0.15, -0.1) is 0 Å². The molecule has 5 rings (SSSR count). The van der Waals surface area contributed by atoms with E-state index in [1.165, 1.54) is 29.4 Å². The van der Waals surface area contributed by atoms with Crippen molar-refractivity contribution in [3.63, 3.8) is 0 Å². The van der Waals surface area contributed by atoms with Crippen molar-refractivity contribution in [3.8, 4) is 0 Å². The summed E-state index contributed by atoms with van der Waals surface area (Å²) in [4.78, 5) is 50.8. The van der Waals surface area contributed by atoms with Crippen molar-refractivity contribution in [2.24, 2.45) is 0 Å². The summed E-state index contributed by atoms with van der Waals surface area (Å²) < 4.78 is 56.0. The number of alkyl halides is 2. The third-order valence-electron chi connectivity index (χ3n) is 7.04. The largest absolute Gasteiger partial charge is 0.351 e. The molecule has 3 amide bonds. The zero-order valence-corrected chi connectivity index (χ0v) is 22.2. The van der Waals surface area contributed by atoms with E-state index < -0.39 is 60.3 Å². The van der Waals surface area contributed by atoms with Crippen LogP contribution in [0.15, 0.2) is 60.9 Å². The van der Waals surface area contributed by atoms with E-state index in [1.807, 2.05) is 0 Å². The molecular weight excluding hydrogens is 566 g/mol. The first-order chi connectivity index (χ1) is 19.5. The van der Waals surface area contributed by atoms with Crippen molar-refractivity contribution < 1.29 is 31.9 Å². The van der Waals surface area contributed by atoms with Crippen molar-refractivity contribution in [2.75, 3.05) is 9.80 Å². The van der Waals surface area contributed by atoms with Gasteiger partial charge in [-0.05, 0) is 30.7 Å². The molecular formula is C28H24ClF4N5O3. The van der Waals surface area contributed by atoms with Crippen LogP contribution in [0.3, 0.4) is 0 Å². The van der Waals surface area contributed by atoms with E-state index in [1.54, 1.807) is 18.2 Å². The van der Waals surface area contributed by atoms with Crippen LogP contribution in [0.4, 0.5) is 29.2 Å². The third-order valence-corrected chi connectivity index (χ3v) is 7.38. The van der Waals surface area contributed by atoms with Crippen LogP contribution < -0.4 is 15.1 Å². The van der Waals surface area contributed by atoms with Crippen molar-refractivity contribution >= 4 is 41.0 Å². The quantitative estimate of drug-likeness (QED) is 0.374. The van der Waals surface area contributed by atoms with Gasteiger partial charge in [-0.3, -0.25) is 24.2 Å². The molecule has 2 atom stereocenters. The predicted molar refractivity (Wildman–Crippen MR) is 141 cm³/mol. The smallest absolute Gasteiger partial charge is 0.252 e. The van der Waals surface area contributed by atoms with Crippen molar-refractivity contribution in [1.82, 2.24) is 15.3 Å². The minimum Gasteiger partial charge on any atom is -0.351 e. The number of amides is 3. The Morgan fingerprint density at radius 1 is 1.07 bits per heavy atom. The van der Waals surface area contributed by atoms with Crippen LogP contribution in [0, 0.1) is 11.6 Å². The molecule has 1 aromatic heterocycles. The van der Waals surface area contributed by atoms with Crippen LogP contribution in [-0.4, -0.2) is 45.7 Å². The first-order valence-electron chi connectivity index (χ1n) is 12.8. The molecule has 0 radical (unpaired) electrons. The number of nitrogens with zero attached hydrogens (tertiary/aromatic N) is 4. The molecule has 2 aromatic carbocycles. The SMILES string of the molecule is O=C(NC1CC(F)(F)C1)[C@H](c1ccccc1Cl)N(C(=O)C[C@@H]1CCC(=O)N1c1ncccn1)c1cc(F)cc(F)c1. The van der Waals surface area contributed by atoms with E-state index >= 15 is 0 Å². The molecule has 13 heteroatoms. The molecule has 2 heterocycles. The fourth-order valence-electron chi connectivity index (χ4n) is 5.18. The Hall–Kier alpha value is -4.06. The number of benzene rings is 2. The van der Waals surface area contributed by atoms with Gasteiger partial charge < -0.3 is 5.32 Å². The average Bonchev–Trinajstić information content (AvgIpc) is 3.25. The molecule has 0 spiro atoms. The van der Waals surface area contributed by atoms with Gasteiger partial charge in [-0.25, -0.2) is 27.5 Å². The van der Waals surface area contributed by atoms with Crippen LogP contribution in [-0.2, 0) is 14.4 Å². The third kappa shape index (κ3) is 6.17. The lowest BCUT2D eigenvalue weighted by Gasteiger charge is -2.38. The highest BCUT2D eigenvalue weighted by molar-refractivity contribution is 6.31. The summed E-state index contributed by atoms with van der Waals surface area (Å²) in [5.74, 6) is -6.81. The molecule has 1 N–H and O–H groups in total. The number of aromatic nitrogens is 2. The lowest BCUT2D eigenvalue weighted by molar-refractivity contribution is -0.133. The number of halogens is 5. The number of carbonyl (C=O) groups excluding carboxylic acids is 3. The molecule has 8 nitrogen and oxygen atoms in total. The minimum absolute atomic E-state index is 0.0663. The zero-order chi connectivity index (χ0) is 29.3. The molecule has 3 aromatic rings. The van der Waals surface area contributed by atoms with E-state index in [-0.39, 0.29) is 47.4 Å². The van der Waals surface area contributed by atoms with E-state index in [9.17, 15) is 31.9 Å². The van der Waals surface area contributed by atoms with Gasteiger partial charge in [0.1, 0.15) is 17.7 Å². The lowest BCUT2D eigenvalue weighted by atomic mass is 9.87. The summed E-state index contributed by atoms with van der Waals surface area (Å²) in [5, 5.41) is 2.59. The maximum atomic E-state index is 14.4. The Morgan fingerprint density at radius 2 is 1.73 bits per heavy atom. The summed E-state index contributed by atoms with van der Waals surface area (Å²) in [6, 6.07) is 6.83. The fraction of sp³-hybridized carbons (Fsp3) is 0.321. The van der Waals surface area contributed by atoms with Gasteiger partial charge in [0.2, 0.25) is 23.7 Å². The average molecular weight is 590 g/mol. The molecule has 1 saturated carbocycles. The second kappa shape index (κ2) is 11.4. The number of hydrogen-bond acceptors (Lipinski definition) is 5. The molecule has 2 fully saturated rings. The molecule has 214 valence electrons. The Balaban J connectivity index is 1.55. The standard InChI is InChI=1S/C28H24ClF4N5O3/c29-22-5-2-1-4-21(22)25(26(41)36-18-14-28(32,33)15-18)37(20-11-16(30)10-17(31)12-20)24(40)13-19-6-7-23(39)38(19)27-34-8-3-9-35-27/h1-5,8-12,18-19,25H,6-7,13-15H2,(H,36,41)/t19-,25-/m0/s1. The predicted octanol–water partition coefficient (Wildman–Crippen LogP) is 4.98. The van der Waals surface area contributed by atoms with Crippen LogP contribution in [0.2, 0.25) is 5.02 Å². The number of hydrogen-bond donors (Lipinski definition) is 1. The highest BCUT2D eigenvalue weighted by atomic mass is 35.5. The molecule has 0 bridgehead atoms. The molecule has 41 heavy (non-hydrogen) atoms. The maximum Gasteiger partial charge on any atom is 0.252 e. The Kier molecular flexibility index (Phi) is 7.94. The second-order valence-corrected chi connectivity index (χ2v) is 10.4. The molecule has 2 aliphatic rings. The zero-order valence-electron chi connectivity index (χ0n) is 21.4. The molecule has 0 unspecified atom stereocenters. The Morgan fingerprint density at radius 3 is 2.37 bits per heavy atom. The minimum atomic E-state index is -2.93. The monoisotopic (exact) mass is 589 g/mol. The highest BCUT2D eigenvalue weighted by Crippen LogP contribution is 2.39. The van der Waals surface area contributed by atoms with Crippen molar-refractivity contribution in [1.29, 1.82) is 0 Å². The summed E-state index contributed by atoms with van der Waals surface area (Å²) in [6.45, 7) is 0. The number of carbonyl (C=O) groups is 3. The lowest BCUT2D eigenvalue weighted by Crippen LogP contribution is -2.54. The van der Waals surface area contributed by atoms with Crippen molar-refractivity contribution in [3.05, 3.63) is 83.1 Å². The fourth-order valence-corrected chi connectivity index (χ4v) is 5.42. The van der Waals surface area contributed by atoms with Gasteiger partial charge in [-0.2, -0.15) is 0 Å². The number of rotatable bonds is 8. The van der Waals surface area contributed by atoms with Gasteiger partial charge in [0.05, 0.1) is 5.69 Å². The molecule has 1 aliphatic carbocycles. The molecule has 1 aliphatic heterocycles. The summed E-state index contributed by atoms with van der Waals surface area (Å²) in [6.07, 6.45) is 1.70. The van der Waals surface area contributed by atoms with Crippen LogP contribution in [0.5, 0.6) is 0 Å². The number of anilines is 2.